The highest BCUT2D eigenvalue weighted by Gasteiger charge is 2.47. The van der Waals surface area contributed by atoms with Crippen LogP contribution >= 0.6 is 11.3 Å². The van der Waals surface area contributed by atoms with Gasteiger partial charge in [0.05, 0.1) is 17.4 Å². The number of hydrogen-bond acceptors (Lipinski definition) is 5. The molecule has 1 saturated carbocycles. The summed E-state index contributed by atoms with van der Waals surface area (Å²) in [5, 5.41) is 12.9. The Kier molecular flexibility index (Phi) is 5.00. The van der Waals surface area contributed by atoms with Crippen molar-refractivity contribution in [1.29, 1.82) is 5.26 Å². The van der Waals surface area contributed by atoms with Crippen molar-refractivity contribution in [1.82, 2.24) is 4.90 Å². The Morgan fingerprint density at radius 1 is 1.11 bits per heavy atom. The predicted octanol–water partition coefficient (Wildman–Crippen LogP) is 3.00. The first-order valence-corrected chi connectivity index (χ1v) is 10.6. The van der Waals surface area contributed by atoms with E-state index in [9.17, 15) is 19.6 Å². The number of aryl methyl sites for hydroxylation is 1. The third-order valence-electron chi connectivity index (χ3n) is 6.03. The van der Waals surface area contributed by atoms with Crippen molar-refractivity contribution in [3.63, 3.8) is 0 Å². The van der Waals surface area contributed by atoms with Gasteiger partial charge in [-0.2, -0.15) is 5.26 Å². The summed E-state index contributed by atoms with van der Waals surface area (Å²) in [5.41, 5.74) is 1.67. The van der Waals surface area contributed by atoms with Crippen molar-refractivity contribution in [3.8, 4) is 6.07 Å². The van der Waals surface area contributed by atoms with Gasteiger partial charge in [0.15, 0.2) is 0 Å². The molecule has 2 aliphatic carbocycles. The molecule has 0 radical (unpaired) electrons. The highest BCUT2D eigenvalue weighted by Crippen LogP contribution is 2.39. The molecule has 0 bridgehead atoms. The molecule has 2 fully saturated rings. The number of fused-ring (bicyclic) bond motifs is 2. The molecule has 6 nitrogen and oxygen atoms in total. The third kappa shape index (κ3) is 3.27. The largest absolute Gasteiger partial charge is 0.317 e. The SMILES string of the molecule is N#Cc1c(NC(=O)CCN2C(=O)[C@H]3CCCC[C@@H]3C2=O)sc2c1CCCC2. The number of nitriles is 1. The second-order valence-corrected chi connectivity index (χ2v) is 8.76. The Labute approximate surface area is 162 Å². The van der Waals surface area contributed by atoms with Crippen molar-refractivity contribution in [2.24, 2.45) is 11.8 Å². The fraction of sp³-hybridized carbons (Fsp3) is 0.600. The van der Waals surface area contributed by atoms with Crippen molar-refractivity contribution in [3.05, 3.63) is 16.0 Å². The second-order valence-electron chi connectivity index (χ2n) is 7.65. The lowest BCUT2D eigenvalue weighted by Gasteiger charge is -2.19. The Balaban J connectivity index is 1.39. The van der Waals surface area contributed by atoms with Crippen LogP contribution in [0.25, 0.3) is 0 Å². The van der Waals surface area contributed by atoms with E-state index >= 15 is 0 Å². The van der Waals surface area contributed by atoms with E-state index in [0.717, 1.165) is 56.9 Å². The predicted molar refractivity (Wildman–Crippen MR) is 101 cm³/mol. The maximum atomic E-state index is 12.5. The molecule has 1 saturated heterocycles. The lowest BCUT2D eigenvalue weighted by atomic mass is 9.81. The quantitative estimate of drug-likeness (QED) is 0.807. The topological polar surface area (TPSA) is 90.3 Å². The molecule has 1 aromatic heterocycles. The average molecular weight is 385 g/mol. The van der Waals surface area contributed by atoms with Crippen LogP contribution in [0.1, 0.15) is 60.9 Å². The fourth-order valence-corrected chi connectivity index (χ4v) is 5.88. The molecule has 1 N–H and O–H groups in total. The van der Waals surface area contributed by atoms with Crippen LogP contribution in [-0.4, -0.2) is 29.2 Å². The minimum atomic E-state index is -0.249. The number of rotatable bonds is 4. The number of nitrogens with one attached hydrogen (secondary N) is 1. The number of hydrogen-bond donors (Lipinski definition) is 1. The highest BCUT2D eigenvalue weighted by molar-refractivity contribution is 7.16. The third-order valence-corrected chi connectivity index (χ3v) is 7.24. The number of nitrogens with zero attached hydrogens (tertiary/aromatic N) is 2. The van der Waals surface area contributed by atoms with Gasteiger partial charge in [0.25, 0.3) is 0 Å². The first kappa shape index (κ1) is 18.2. The second kappa shape index (κ2) is 7.43. The zero-order valence-corrected chi connectivity index (χ0v) is 16.1. The van der Waals surface area contributed by atoms with Crippen LogP contribution in [-0.2, 0) is 27.2 Å². The maximum Gasteiger partial charge on any atom is 0.233 e. The van der Waals surface area contributed by atoms with E-state index in [0.29, 0.717) is 10.6 Å². The van der Waals surface area contributed by atoms with E-state index in [4.69, 9.17) is 0 Å². The Morgan fingerprint density at radius 2 is 1.78 bits per heavy atom. The van der Waals surface area contributed by atoms with Crippen LogP contribution < -0.4 is 5.32 Å². The van der Waals surface area contributed by atoms with Crippen molar-refractivity contribution in [2.75, 3.05) is 11.9 Å². The standard InChI is InChI=1S/C20H23N3O3S/c21-11-15-12-5-3-4-8-16(12)27-18(15)22-17(24)9-10-23-19(25)13-6-1-2-7-14(13)20(23)26/h13-14H,1-10H2,(H,22,24)/t13-,14-/m0/s1. The number of likely N-dealkylation sites (tertiary alicyclic amines) is 1. The molecule has 7 heteroatoms. The Hall–Kier alpha value is -2.20. The van der Waals surface area contributed by atoms with Crippen LogP contribution in [0.15, 0.2) is 0 Å². The van der Waals surface area contributed by atoms with Crippen LogP contribution in [0.3, 0.4) is 0 Å². The summed E-state index contributed by atoms with van der Waals surface area (Å²) in [5.74, 6) is -0.823. The lowest BCUT2D eigenvalue weighted by molar-refractivity contribution is -0.140. The maximum absolute atomic E-state index is 12.5. The van der Waals surface area contributed by atoms with Gasteiger partial charge in [0, 0.05) is 17.8 Å². The number of carbonyl (C=O) groups excluding carboxylic acids is 3. The molecule has 0 unspecified atom stereocenters. The first-order chi connectivity index (χ1) is 13.1. The van der Waals surface area contributed by atoms with E-state index in [1.807, 2.05) is 0 Å². The van der Waals surface area contributed by atoms with Gasteiger partial charge in [-0.1, -0.05) is 12.8 Å². The molecule has 3 amide bonds. The van der Waals surface area contributed by atoms with Gasteiger partial charge in [-0.25, -0.2) is 0 Å². The number of anilines is 1. The van der Waals surface area contributed by atoms with Gasteiger partial charge < -0.3 is 5.32 Å². The smallest absolute Gasteiger partial charge is 0.233 e. The molecular weight excluding hydrogens is 362 g/mol. The van der Waals surface area contributed by atoms with Crippen LogP contribution in [0.4, 0.5) is 5.00 Å². The summed E-state index contributed by atoms with van der Waals surface area (Å²) in [6, 6.07) is 2.23. The monoisotopic (exact) mass is 385 g/mol. The van der Waals surface area contributed by atoms with Gasteiger partial charge in [-0.3, -0.25) is 19.3 Å². The van der Waals surface area contributed by atoms with Gasteiger partial charge in [-0.15, -0.1) is 11.3 Å². The van der Waals surface area contributed by atoms with E-state index in [-0.39, 0.29) is 42.5 Å². The first-order valence-electron chi connectivity index (χ1n) is 9.80. The number of thiophene rings is 1. The summed E-state index contributed by atoms with van der Waals surface area (Å²) < 4.78 is 0. The van der Waals surface area contributed by atoms with Gasteiger partial charge in [0.1, 0.15) is 11.1 Å². The number of imide groups is 1. The fourth-order valence-electron chi connectivity index (χ4n) is 4.63. The zero-order valence-electron chi connectivity index (χ0n) is 15.3. The molecule has 27 heavy (non-hydrogen) atoms. The molecule has 3 aliphatic rings. The highest BCUT2D eigenvalue weighted by atomic mass is 32.1. The van der Waals surface area contributed by atoms with E-state index in [1.54, 1.807) is 0 Å². The molecule has 2 atom stereocenters. The zero-order chi connectivity index (χ0) is 19.0. The summed E-state index contributed by atoms with van der Waals surface area (Å²) >= 11 is 1.49. The summed E-state index contributed by atoms with van der Waals surface area (Å²) in [7, 11) is 0. The van der Waals surface area contributed by atoms with E-state index in [1.165, 1.54) is 21.1 Å². The molecule has 2 heterocycles. The summed E-state index contributed by atoms with van der Waals surface area (Å²) in [4.78, 5) is 39.9. The van der Waals surface area contributed by atoms with Crippen LogP contribution in [0.2, 0.25) is 0 Å². The average Bonchev–Trinajstić information content (AvgIpc) is 3.15. The van der Waals surface area contributed by atoms with Gasteiger partial charge in [0.2, 0.25) is 17.7 Å². The minimum absolute atomic E-state index is 0.0738. The van der Waals surface area contributed by atoms with E-state index in [2.05, 4.69) is 11.4 Å². The molecule has 1 aromatic rings. The summed E-state index contributed by atoms with van der Waals surface area (Å²) in [6.45, 7) is 0.128. The molecule has 1 aliphatic heterocycles. The minimum Gasteiger partial charge on any atom is -0.317 e. The van der Waals surface area contributed by atoms with Crippen LogP contribution in [0, 0.1) is 23.2 Å². The lowest BCUT2D eigenvalue weighted by Crippen LogP contribution is -2.34. The molecular formula is C20H23N3O3S. The van der Waals surface area contributed by atoms with Crippen molar-refractivity contribution < 1.29 is 14.4 Å². The number of carbonyl (C=O) groups is 3. The molecule has 4 rings (SSSR count). The number of amides is 3. The van der Waals surface area contributed by atoms with Crippen molar-refractivity contribution in [2.45, 2.75) is 57.8 Å². The normalized spacial score (nSPS) is 24.3. The molecule has 0 aromatic carbocycles. The molecule has 0 spiro atoms. The Bertz CT molecular complexity index is 814. The Morgan fingerprint density at radius 3 is 2.44 bits per heavy atom. The summed E-state index contributed by atoms with van der Waals surface area (Å²) in [6.07, 6.45) is 7.68. The van der Waals surface area contributed by atoms with E-state index < -0.39 is 0 Å². The van der Waals surface area contributed by atoms with Crippen LogP contribution in [0.5, 0.6) is 0 Å². The van der Waals surface area contributed by atoms with Gasteiger partial charge in [-0.05, 0) is 44.1 Å². The molecule has 142 valence electrons. The van der Waals surface area contributed by atoms with Gasteiger partial charge >= 0.3 is 0 Å². The van der Waals surface area contributed by atoms with Crippen molar-refractivity contribution >= 4 is 34.1 Å².